The first-order valence-corrected chi connectivity index (χ1v) is 19.7. The van der Waals surface area contributed by atoms with Crippen molar-refractivity contribution in [3.05, 3.63) is 59.5 Å². The Bertz CT molecular complexity index is 1610. The summed E-state index contributed by atoms with van der Waals surface area (Å²) < 4.78 is 21.0. The normalized spacial score (nSPS) is 28.0. The lowest BCUT2D eigenvalue weighted by Gasteiger charge is -2.52. The molecule has 0 radical (unpaired) electrons. The number of carbonyl (C=O) groups excluding carboxylic acids is 1. The van der Waals surface area contributed by atoms with E-state index in [1.807, 2.05) is 25.3 Å². The van der Waals surface area contributed by atoms with Gasteiger partial charge in [-0.1, -0.05) is 58.0 Å². The fraction of sp³-hybridized carbons (Fsp3) is 0.639. The van der Waals surface area contributed by atoms with E-state index >= 15 is 0 Å². The third kappa shape index (κ3) is 5.74. The number of nitrogens with zero attached hydrogens (tertiary/aromatic N) is 4. The fourth-order valence-corrected chi connectivity index (χ4v) is 8.38. The summed E-state index contributed by atoms with van der Waals surface area (Å²) in [5.41, 5.74) is 3.10. The van der Waals surface area contributed by atoms with Crippen molar-refractivity contribution in [2.24, 2.45) is 11.3 Å². The van der Waals surface area contributed by atoms with Gasteiger partial charge in [0.05, 0.1) is 18.5 Å². The Morgan fingerprint density at radius 2 is 1.87 bits per heavy atom. The van der Waals surface area contributed by atoms with Crippen molar-refractivity contribution >= 4 is 25.7 Å². The molecule has 10 heteroatoms. The minimum absolute atomic E-state index is 0.00594. The molecule has 4 fully saturated rings. The molecule has 1 aromatic carbocycles. The van der Waals surface area contributed by atoms with Crippen molar-refractivity contribution in [2.45, 2.75) is 103 Å². The second-order valence-electron chi connectivity index (χ2n) is 16.9. The molecule has 3 aliphatic heterocycles. The summed E-state index contributed by atoms with van der Waals surface area (Å²) in [6.45, 7) is 24.9. The summed E-state index contributed by atoms with van der Waals surface area (Å²) in [6.07, 6.45) is 3.54. The van der Waals surface area contributed by atoms with E-state index in [0.29, 0.717) is 25.6 Å². The maximum Gasteiger partial charge on any atom is 0.407 e. The van der Waals surface area contributed by atoms with Gasteiger partial charge in [-0.2, -0.15) is 0 Å². The molecule has 2 bridgehead atoms. The molecule has 0 spiro atoms. The first kappa shape index (κ1) is 33.0. The highest BCUT2D eigenvalue weighted by molar-refractivity contribution is 6.74. The highest BCUT2D eigenvalue weighted by Crippen LogP contribution is 2.66. The number of nitrogens with one attached hydrogen (secondary N) is 1. The van der Waals surface area contributed by atoms with Crippen molar-refractivity contribution in [3.63, 3.8) is 0 Å². The molecule has 2 aromatic heterocycles. The van der Waals surface area contributed by atoms with E-state index in [-0.39, 0.29) is 21.8 Å². The lowest BCUT2D eigenvalue weighted by Crippen LogP contribution is -2.60. The van der Waals surface area contributed by atoms with E-state index in [1.54, 1.807) is 0 Å². The number of alkyl carbamates (subject to hydrolysis) is 1. The number of anilines is 1. The highest BCUT2D eigenvalue weighted by atomic mass is 28.4. The molecule has 3 aromatic rings. The van der Waals surface area contributed by atoms with Crippen molar-refractivity contribution in [2.75, 3.05) is 37.7 Å². The summed E-state index contributed by atoms with van der Waals surface area (Å²) in [5, 5.41) is 8.23. The van der Waals surface area contributed by atoms with Gasteiger partial charge < -0.3 is 24.1 Å². The summed E-state index contributed by atoms with van der Waals surface area (Å²) in [7, 11) is -2.04. The summed E-state index contributed by atoms with van der Waals surface area (Å²) >= 11 is 0. The van der Waals surface area contributed by atoms with Crippen LogP contribution >= 0.6 is 0 Å². The quantitative estimate of drug-likeness (QED) is 0.264. The average Bonchev–Trinajstić information content (AvgIpc) is 3.72. The molecule has 46 heavy (non-hydrogen) atoms. The number of aromatic nitrogens is 3. The van der Waals surface area contributed by atoms with E-state index in [0.717, 1.165) is 42.8 Å². The monoisotopic (exact) mass is 647 g/mol. The minimum atomic E-state index is -2.04. The maximum absolute atomic E-state index is 12.7. The molecule has 1 aliphatic carbocycles. The number of hydrogen-bond donors (Lipinski definition) is 1. The van der Waals surface area contributed by atoms with Gasteiger partial charge in [-0.05, 0) is 75.9 Å². The molecule has 5 heterocycles. The molecule has 250 valence electrons. The van der Waals surface area contributed by atoms with Gasteiger partial charge in [0.15, 0.2) is 19.8 Å². The second kappa shape index (κ2) is 11.1. The van der Waals surface area contributed by atoms with Crippen molar-refractivity contribution in [1.82, 2.24) is 19.9 Å². The Labute approximate surface area is 275 Å². The summed E-state index contributed by atoms with van der Waals surface area (Å²) in [6, 6.07) is 13.1. The smallest absolute Gasteiger partial charge is 0.407 e. The van der Waals surface area contributed by atoms with Gasteiger partial charge in [-0.25, -0.2) is 14.3 Å². The van der Waals surface area contributed by atoms with Gasteiger partial charge in [-0.3, -0.25) is 0 Å². The van der Waals surface area contributed by atoms with Crippen LogP contribution in [0.4, 0.5) is 10.5 Å². The van der Waals surface area contributed by atoms with Crippen LogP contribution in [0.3, 0.4) is 0 Å². The predicted octanol–water partition coefficient (Wildman–Crippen LogP) is 6.98. The number of ether oxygens (including phenoxy) is 2. The number of pyridine rings is 1. The first-order chi connectivity index (χ1) is 21.4. The van der Waals surface area contributed by atoms with Crippen LogP contribution in [0.5, 0.6) is 0 Å². The van der Waals surface area contributed by atoms with Crippen LogP contribution in [0.1, 0.15) is 78.3 Å². The van der Waals surface area contributed by atoms with Crippen LogP contribution in [0.2, 0.25) is 18.1 Å². The Kier molecular flexibility index (Phi) is 7.92. The Balaban J connectivity index is 1.27. The first-order valence-electron chi connectivity index (χ1n) is 16.8. The Morgan fingerprint density at radius 1 is 1.15 bits per heavy atom. The molecule has 1 amide bonds. The molecule has 3 unspecified atom stereocenters. The zero-order valence-corrected chi connectivity index (χ0v) is 30.5. The zero-order valence-electron chi connectivity index (χ0n) is 29.5. The van der Waals surface area contributed by atoms with Crippen LogP contribution < -0.4 is 10.2 Å². The predicted molar refractivity (Wildman–Crippen MR) is 184 cm³/mol. The van der Waals surface area contributed by atoms with Crippen molar-refractivity contribution in [3.8, 4) is 0 Å². The van der Waals surface area contributed by atoms with Gasteiger partial charge in [0.25, 0.3) is 0 Å². The zero-order chi connectivity index (χ0) is 33.3. The van der Waals surface area contributed by atoms with Crippen LogP contribution in [0.15, 0.2) is 42.6 Å². The molecule has 4 aliphatic rings. The third-order valence-electron chi connectivity index (χ3n) is 11.2. The Hall–Kier alpha value is -2.95. The van der Waals surface area contributed by atoms with E-state index in [4.69, 9.17) is 24.0 Å². The van der Waals surface area contributed by atoms with E-state index in [2.05, 4.69) is 101 Å². The van der Waals surface area contributed by atoms with E-state index in [9.17, 15) is 4.79 Å². The number of amides is 1. The van der Waals surface area contributed by atoms with Gasteiger partial charge in [0.1, 0.15) is 11.2 Å². The molecule has 7 rings (SSSR count). The van der Waals surface area contributed by atoms with Crippen molar-refractivity contribution in [1.29, 1.82) is 0 Å². The van der Waals surface area contributed by atoms with Gasteiger partial charge in [0.2, 0.25) is 0 Å². The molecule has 1 saturated carbocycles. The maximum atomic E-state index is 12.7. The number of rotatable bonds is 8. The average molecular weight is 648 g/mol. The number of carbonyl (C=O) groups is 1. The molecular weight excluding hydrogens is 595 g/mol. The lowest BCUT2D eigenvalue weighted by atomic mass is 9.53. The Morgan fingerprint density at radius 3 is 2.54 bits per heavy atom. The summed E-state index contributed by atoms with van der Waals surface area (Å²) in [5.74, 6) is 0.712. The number of benzene rings is 1. The van der Waals surface area contributed by atoms with Gasteiger partial charge in [-0.15, -0.1) is 5.10 Å². The molecule has 1 N–H and O–H groups in total. The van der Waals surface area contributed by atoms with E-state index < -0.39 is 25.6 Å². The van der Waals surface area contributed by atoms with Gasteiger partial charge in [0, 0.05) is 43.0 Å². The molecule has 9 nitrogen and oxygen atoms in total. The van der Waals surface area contributed by atoms with Gasteiger partial charge >= 0.3 is 6.09 Å². The van der Waals surface area contributed by atoms with Crippen LogP contribution in [-0.2, 0) is 24.9 Å². The summed E-state index contributed by atoms with van der Waals surface area (Å²) in [4.78, 5) is 20.3. The number of fused-ring (bicyclic) bond motifs is 2. The fourth-order valence-electron chi connectivity index (χ4n) is 7.37. The van der Waals surface area contributed by atoms with Crippen LogP contribution in [0, 0.1) is 18.3 Å². The van der Waals surface area contributed by atoms with Crippen LogP contribution in [0.25, 0.3) is 5.65 Å². The molecular formula is C36H53N5O4Si. The largest absolute Gasteiger partial charge is 0.444 e. The highest BCUT2D eigenvalue weighted by Gasteiger charge is 2.73. The van der Waals surface area contributed by atoms with Crippen LogP contribution in [-0.4, -0.2) is 67.5 Å². The standard InChI is InChI=1S/C36H53N5O4Si/c1-25-18-27(40-17-16-34(8,23-40)26-14-12-11-13-15-26)19-41-29(25)38-30(39-41)36-21-35(24-43-36,22-37-31(42)45-32(2,3)4)28(36)20-44-46(9,10)33(5,6)7/h11-15,18-19,28H,16-17,20-24H2,1-10H3,(H,37,42)/t28?,34-,35?,36?/m0/s1. The minimum Gasteiger partial charge on any atom is -0.444 e. The van der Waals surface area contributed by atoms with E-state index in [1.165, 1.54) is 5.56 Å². The lowest BCUT2D eigenvalue weighted by molar-refractivity contribution is -0.112. The topological polar surface area (TPSA) is 90.2 Å². The number of aryl methyl sites for hydroxylation is 1. The second-order valence-corrected chi connectivity index (χ2v) is 21.7. The SMILES string of the molecule is Cc1cc(N2CC[C@](C)(c3ccccc3)C2)cn2nc(C34CC(CNC(=O)OC(C)(C)C)(CO3)C4CO[Si](C)(C)C(C)(C)C)nc12. The number of hydrogen-bond acceptors (Lipinski definition) is 7. The molecule has 3 saturated heterocycles. The third-order valence-corrected chi connectivity index (χ3v) is 15.7. The van der Waals surface area contributed by atoms with Crippen molar-refractivity contribution < 1.29 is 18.7 Å². The molecule has 4 atom stereocenters.